The van der Waals surface area contributed by atoms with Crippen molar-refractivity contribution < 1.29 is 9.26 Å². The molecule has 0 amide bonds. The Kier molecular flexibility index (Phi) is 3.90. The number of hydrogen-bond donors (Lipinski definition) is 0. The van der Waals surface area contributed by atoms with Crippen LogP contribution in [-0.2, 0) is 6.42 Å². The highest BCUT2D eigenvalue weighted by atomic mass is 16.5. The van der Waals surface area contributed by atoms with Crippen LogP contribution in [0.1, 0.15) is 5.56 Å². The molecule has 0 spiro atoms. The monoisotopic (exact) mass is 317 g/mol. The van der Waals surface area contributed by atoms with Gasteiger partial charge in [0.2, 0.25) is 0 Å². The highest BCUT2D eigenvalue weighted by molar-refractivity contribution is 5.77. The molecule has 0 atom stereocenters. The van der Waals surface area contributed by atoms with E-state index in [-0.39, 0.29) is 0 Å². The summed E-state index contributed by atoms with van der Waals surface area (Å²) in [4.78, 5) is 9.13. The van der Waals surface area contributed by atoms with E-state index >= 15 is 0 Å². The van der Waals surface area contributed by atoms with Crippen molar-refractivity contribution in [2.45, 2.75) is 6.42 Å². The number of fused-ring (bicyclic) bond motifs is 1. The first-order valence-corrected chi connectivity index (χ1v) is 7.72. The Morgan fingerprint density at radius 1 is 0.958 bits per heavy atom. The highest BCUT2D eigenvalue weighted by Crippen LogP contribution is 2.23. The van der Waals surface area contributed by atoms with Crippen LogP contribution >= 0.6 is 0 Å². The second-order valence-corrected chi connectivity index (χ2v) is 5.40. The van der Waals surface area contributed by atoms with Crippen LogP contribution in [0.5, 0.6) is 5.75 Å². The highest BCUT2D eigenvalue weighted by Gasteiger charge is 2.04. The van der Waals surface area contributed by atoms with Gasteiger partial charge >= 0.3 is 0 Å². The summed E-state index contributed by atoms with van der Waals surface area (Å²) in [6, 6.07) is 15.7. The molecule has 118 valence electrons. The third-order valence-corrected chi connectivity index (χ3v) is 3.72. The molecule has 0 radical (unpaired) electrons. The molecule has 24 heavy (non-hydrogen) atoms. The van der Waals surface area contributed by atoms with Crippen molar-refractivity contribution in [2.24, 2.45) is 0 Å². The predicted octanol–water partition coefficient (Wildman–Crippen LogP) is 3.91. The third kappa shape index (κ3) is 3.10. The lowest BCUT2D eigenvalue weighted by molar-refractivity contribution is 0.321. The predicted molar refractivity (Wildman–Crippen MR) is 90.7 cm³/mol. The fraction of sp³-hybridized carbons (Fsp3) is 0.105. The molecule has 0 bridgehead atoms. The number of rotatable bonds is 5. The normalized spacial score (nSPS) is 10.8. The number of benzene rings is 2. The van der Waals surface area contributed by atoms with E-state index in [1.807, 2.05) is 48.5 Å². The molecule has 0 fully saturated rings. The van der Waals surface area contributed by atoms with Crippen molar-refractivity contribution in [3.8, 4) is 17.0 Å². The molecule has 0 aliphatic rings. The van der Waals surface area contributed by atoms with E-state index in [2.05, 4.69) is 15.1 Å². The Balaban J connectivity index is 1.52. The average molecular weight is 317 g/mol. The molecular weight excluding hydrogens is 302 g/mol. The van der Waals surface area contributed by atoms with Gasteiger partial charge in [-0.2, -0.15) is 0 Å². The van der Waals surface area contributed by atoms with Crippen molar-refractivity contribution in [2.75, 3.05) is 6.61 Å². The summed E-state index contributed by atoms with van der Waals surface area (Å²) in [6.45, 7) is 0.564. The zero-order valence-electron chi connectivity index (χ0n) is 12.9. The molecule has 4 rings (SSSR count). The zero-order chi connectivity index (χ0) is 16.2. The zero-order valence-corrected chi connectivity index (χ0v) is 12.9. The van der Waals surface area contributed by atoms with Gasteiger partial charge in [-0.15, -0.1) is 0 Å². The maximum atomic E-state index is 5.81. The molecule has 0 unspecified atom stereocenters. The molecule has 5 nitrogen and oxygen atoms in total. The molecule has 0 aliphatic carbocycles. The maximum absolute atomic E-state index is 5.81. The molecular formula is C19H15N3O2. The number of para-hydroxylation sites is 2. The molecule has 2 heterocycles. The Labute approximate surface area is 138 Å². The largest absolute Gasteiger partial charge is 0.493 e. The Bertz CT molecular complexity index is 952. The van der Waals surface area contributed by atoms with E-state index in [4.69, 9.17) is 9.26 Å². The van der Waals surface area contributed by atoms with Gasteiger partial charge in [0.05, 0.1) is 35.7 Å². The minimum atomic E-state index is 0.564. The minimum absolute atomic E-state index is 0.564. The van der Waals surface area contributed by atoms with Gasteiger partial charge in [-0.3, -0.25) is 4.98 Å². The first kappa shape index (κ1) is 14.4. The van der Waals surface area contributed by atoms with Crippen LogP contribution < -0.4 is 4.74 Å². The van der Waals surface area contributed by atoms with Gasteiger partial charge in [0.15, 0.2) is 0 Å². The molecule has 0 saturated carbocycles. The number of hydrogen-bond acceptors (Lipinski definition) is 5. The van der Waals surface area contributed by atoms with Crippen molar-refractivity contribution in [1.29, 1.82) is 0 Å². The van der Waals surface area contributed by atoms with Crippen LogP contribution in [0, 0.1) is 0 Å². The SMILES string of the molecule is c1cc(OCCc2cnoc2)cc(-c2cnc3ccccc3n2)c1. The first-order valence-electron chi connectivity index (χ1n) is 7.72. The van der Waals surface area contributed by atoms with E-state index < -0.39 is 0 Å². The Morgan fingerprint density at radius 2 is 1.88 bits per heavy atom. The van der Waals surface area contributed by atoms with Crippen LogP contribution in [0.4, 0.5) is 0 Å². The Morgan fingerprint density at radius 3 is 2.75 bits per heavy atom. The molecule has 2 aromatic carbocycles. The van der Waals surface area contributed by atoms with Gasteiger partial charge in [0, 0.05) is 17.5 Å². The summed E-state index contributed by atoms with van der Waals surface area (Å²) in [7, 11) is 0. The minimum Gasteiger partial charge on any atom is -0.493 e. The fourth-order valence-electron chi connectivity index (χ4n) is 2.48. The van der Waals surface area contributed by atoms with Crippen LogP contribution in [0.25, 0.3) is 22.3 Å². The number of ether oxygens (including phenoxy) is 1. The van der Waals surface area contributed by atoms with Gasteiger partial charge in [0.1, 0.15) is 12.0 Å². The van der Waals surface area contributed by atoms with Crippen molar-refractivity contribution in [3.63, 3.8) is 0 Å². The second kappa shape index (κ2) is 6.50. The van der Waals surface area contributed by atoms with E-state index in [1.165, 1.54) is 0 Å². The van der Waals surface area contributed by atoms with Crippen LogP contribution in [0.15, 0.2) is 71.7 Å². The number of nitrogens with zero attached hydrogens (tertiary/aromatic N) is 3. The second-order valence-electron chi connectivity index (χ2n) is 5.40. The molecule has 0 aliphatic heterocycles. The van der Waals surface area contributed by atoms with Gasteiger partial charge in [-0.1, -0.05) is 29.4 Å². The fourth-order valence-corrected chi connectivity index (χ4v) is 2.48. The lowest BCUT2D eigenvalue weighted by atomic mass is 10.1. The maximum Gasteiger partial charge on any atom is 0.127 e. The van der Waals surface area contributed by atoms with E-state index in [0.29, 0.717) is 6.61 Å². The van der Waals surface area contributed by atoms with E-state index in [0.717, 1.165) is 40.0 Å². The summed E-state index contributed by atoms with van der Waals surface area (Å²) in [5.74, 6) is 0.805. The molecule has 5 heteroatoms. The standard InChI is InChI=1S/C19H15N3O2/c1-2-7-18-17(6-1)20-12-19(22-18)15-4-3-5-16(10-15)23-9-8-14-11-21-24-13-14/h1-7,10-13H,8-9H2. The van der Waals surface area contributed by atoms with E-state index in [9.17, 15) is 0 Å². The number of aromatic nitrogens is 3. The summed E-state index contributed by atoms with van der Waals surface area (Å²) >= 11 is 0. The molecule has 0 N–H and O–H groups in total. The smallest absolute Gasteiger partial charge is 0.127 e. The summed E-state index contributed by atoms with van der Waals surface area (Å²) < 4.78 is 10.6. The summed E-state index contributed by atoms with van der Waals surface area (Å²) in [5, 5.41) is 3.68. The quantitative estimate of drug-likeness (QED) is 0.558. The van der Waals surface area contributed by atoms with Gasteiger partial charge in [-0.25, -0.2) is 4.98 Å². The lowest BCUT2D eigenvalue weighted by Gasteiger charge is -2.07. The third-order valence-electron chi connectivity index (χ3n) is 3.72. The van der Waals surface area contributed by atoms with Gasteiger partial charge < -0.3 is 9.26 Å². The van der Waals surface area contributed by atoms with Gasteiger partial charge in [0.25, 0.3) is 0 Å². The van der Waals surface area contributed by atoms with Gasteiger partial charge in [-0.05, 0) is 24.3 Å². The molecule has 4 aromatic rings. The van der Waals surface area contributed by atoms with E-state index in [1.54, 1.807) is 18.7 Å². The lowest BCUT2D eigenvalue weighted by Crippen LogP contribution is -2.00. The van der Waals surface area contributed by atoms with Crippen LogP contribution in [0.3, 0.4) is 0 Å². The average Bonchev–Trinajstić information content (AvgIpc) is 3.15. The summed E-state index contributed by atoms with van der Waals surface area (Å²) in [5.41, 5.74) is 4.61. The van der Waals surface area contributed by atoms with Crippen LogP contribution in [0.2, 0.25) is 0 Å². The topological polar surface area (TPSA) is 61.0 Å². The summed E-state index contributed by atoms with van der Waals surface area (Å²) in [6.07, 6.45) is 5.87. The van der Waals surface area contributed by atoms with Crippen molar-refractivity contribution in [3.05, 3.63) is 72.8 Å². The van der Waals surface area contributed by atoms with Crippen molar-refractivity contribution in [1.82, 2.24) is 15.1 Å². The Hall–Kier alpha value is -3.21. The van der Waals surface area contributed by atoms with Crippen LogP contribution in [-0.4, -0.2) is 21.7 Å². The molecule has 2 aromatic heterocycles. The molecule has 0 saturated heterocycles. The first-order chi connectivity index (χ1) is 11.9. The van der Waals surface area contributed by atoms with Crippen molar-refractivity contribution >= 4 is 11.0 Å².